The van der Waals surface area contributed by atoms with Crippen molar-refractivity contribution in [1.29, 1.82) is 0 Å². The highest BCUT2D eigenvalue weighted by molar-refractivity contribution is 6.01. The van der Waals surface area contributed by atoms with Gasteiger partial charge >= 0.3 is 0 Å². The number of amides is 4. The van der Waals surface area contributed by atoms with Gasteiger partial charge in [0.05, 0.1) is 18.4 Å². The highest BCUT2D eigenvalue weighted by atomic mass is 19.1. The van der Waals surface area contributed by atoms with Gasteiger partial charge in [-0.25, -0.2) is 13.9 Å². The Balaban J connectivity index is 1.34. The summed E-state index contributed by atoms with van der Waals surface area (Å²) < 4.78 is 20.6. The summed E-state index contributed by atoms with van der Waals surface area (Å²) in [6.45, 7) is 4.09. The average molecular weight is 495 g/mol. The number of likely N-dealkylation sites (tertiary alicyclic amines) is 1. The SMILES string of the molecule is CC(C)N1C[C@H](NC(=O)c2cc(C(=O)NCc3ccc4c(c3)NC(=O)CO4)nc3c(F)cnn23)C1=O. The van der Waals surface area contributed by atoms with Crippen molar-refractivity contribution < 1.29 is 28.3 Å². The Kier molecular flexibility index (Phi) is 5.74. The van der Waals surface area contributed by atoms with Gasteiger partial charge in [0, 0.05) is 18.7 Å². The topological polar surface area (TPSA) is 147 Å². The lowest BCUT2D eigenvalue weighted by atomic mass is 10.1. The molecule has 0 bridgehead atoms. The van der Waals surface area contributed by atoms with Crippen LogP contribution < -0.4 is 20.7 Å². The van der Waals surface area contributed by atoms with Crippen molar-refractivity contribution >= 4 is 35.0 Å². The van der Waals surface area contributed by atoms with E-state index in [-0.39, 0.29) is 48.0 Å². The molecular formula is C23H22FN7O5. The van der Waals surface area contributed by atoms with E-state index in [0.29, 0.717) is 23.5 Å². The lowest BCUT2D eigenvalue weighted by Gasteiger charge is -2.41. The van der Waals surface area contributed by atoms with Gasteiger partial charge in [-0.2, -0.15) is 5.10 Å². The highest BCUT2D eigenvalue weighted by Gasteiger charge is 2.39. The van der Waals surface area contributed by atoms with Crippen LogP contribution in [0.2, 0.25) is 0 Å². The molecule has 5 rings (SSSR count). The van der Waals surface area contributed by atoms with E-state index in [4.69, 9.17) is 4.74 Å². The molecule has 186 valence electrons. The molecule has 1 fully saturated rings. The second-order valence-corrected chi connectivity index (χ2v) is 8.71. The van der Waals surface area contributed by atoms with E-state index in [1.807, 2.05) is 13.8 Å². The Morgan fingerprint density at radius 2 is 2.06 bits per heavy atom. The molecule has 3 N–H and O–H groups in total. The smallest absolute Gasteiger partial charge is 0.270 e. The quantitative estimate of drug-likeness (QED) is 0.422. The van der Waals surface area contributed by atoms with Crippen molar-refractivity contribution in [2.75, 3.05) is 18.5 Å². The first-order valence-electron chi connectivity index (χ1n) is 11.2. The Hall–Kier alpha value is -4.55. The molecule has 3 aromatic rings. The molecule has 4 amide bonds. The maximum Gasteiger partial charge on any atom is 0.270 e. The minimum Gasteiger partial charge on any atom is -0.482 e. The van der Waals surface area contributed by atoms with E-state index >= 15 is 0 Å². The number of benzene rings is 1. The predicted molar refractivity (Wildman–Crippen MR) is 123 cm³/mol. The summed E-state index contributed by atoms with van der Waals surface area (Å²) in [5.41, 5.74) is 0.508. The molecule has 0 spiro atoms. The van der Waals surface area contributed by atoms with E-state index in [2.05, 4.69) is 26.0 Å². The fourth-order valence-corrected chi connectivity index (χ4v) is 3.98. The lowest BCUT2D eigenvalue weighted by molar-refractivity contribution is -0.145. The van der Waals surface area contributed by atoms with Crippen LogP contribution in [0.5, 0.6) is 5.75 Å². The third kappa shape index (κ3) is 4.19. The van der Waals surface area contributed by atoms with Crippen LogP contribution in [-0.4, -0.2) is 68.4 Å². The molecule has 2 aliphatic rings. The maximum atomic E-state index is 14.3. The Morgan fingerprint density at radius 3 is 2.81 bits per heavy atom. The van der Waals surface area contributed by atoms with Gasteiger partial charge < -0.3 is 25.6 Å². The first kappa shape index (κ1) is 23.2. The number of rotatable bonds is 6. The summed E-state index contributed by atoms with van der Waals surface area (Å²) in [5.74, 6) is -2.14. The molecule has 36 heavy (non-hydrogen) atoms. The maximum absolute atomic E-state index is 14.3. The lowest BCUT2D eigenvalue weighted by Crippen LogP contribution is -2.65. The molecule has 0 saturated carbocycles. The summed E-state index contributed by atoms with van der Waals surface area (Å²) in [5, 5.41) is 11.8. The fraction of sp³-hybridized carbons (Fsp3) is 0.304. The molecule has 0 radical (unpaired) electrons. The normalized spacial score (nSPS) is 16.8. The van der Waals surface area contributed by atoms with Crippen molar-refractivity contribution in [2.24, 2.45) is 0 Å². The van der Waals surface area contributed by atoms with Crippen molar-refractivity contribution in [3.05, 3.63) is 53.2 Å². The van der Waals surface area contributed by atoms with E-state index in [1.54, 1.807) is 23.1 Å². The molecule has 2 aromatic heterocycles. The molecule has 1 saturated heterocycles. The number of anilines is 1. The van der Waals surface area contributed by atoms with Crippen LogP contribution in [0.3, 0.4) is 0 Å². The number of nitrogens with one attached hydrogen (secondary N) is 3. The molecule has 1 aromatic carbocycles. The zero-order valence-electron chi connectivity index (χ0n) is 19.4. The third-order valence-electron chi connectivity index (χ3n) is 5.91. The number of β-lactam (4-membered cyclic amide) rings is 1. The number of hydrogen-bond donors (Lipinski definition) is 3. The molecule has 0 unspecified atom stereocenters. The van der Waals surface area contributed by atoms with Gasteiger partial charge in [0.25, 0.3) is 17.7 Å². The van der Waals surface area contributed by atoms with Crippen LogP contribution in [0.25, 0.3) is 5.65 Å². The van der Waals surface area contributed by atoms with Gasteiger partial charge in [-0.3, -0.25) is 19.2 Å². The number of hydrogen-bond acceptors (Lipinski definition) is 7. The predicted octanol–water partition coefficient (Wildman–Crippen LogP) is 0.478. The van der Waals surface area contributed by atoms with Gasteiger partial charge in [-0.05, 0) is 31.5 Å². The van der Waals surface area contributed by atoms with Crippen LogP contribution in [0.15, 0.2) is 30.5 Å². The molecular weight excluding hydrogens is 473 g/mol. The molecule has 1 atom stereocenters. The number of ether oxygens (including phenoxy) is 1. The standard InChI is InChI=1S/C23H22FN7O5/c1-11(2)30-9-16(23(30)35)29-22(34)17-6-15(28-20-13(24)8-26-31(17)20)21(33)25-7-12-3-4-18-14(5-12)27-19(32)10-36-18/h3-6,8,11,16H,7,9-10H2,1-2H3,(H,25,33)(H,27,32)(H,29,34)/t16-/m0/s1. The highest BCUT2D eigenvalue weighted by Crippen LogP contribution is 2.28. The Labute approximate surface area is 203 Å². The largest absolute Gasteiger partial charge is 0.482 e. The number of aromatic nitrogens is 3. The zero-order valence-corrected chi connectivity index (χ0v) is 19.4. The van der Waals surface area contributed by atoms with Crippen molar-refractivity contribution in [3.63, 3.8) is 0 Å². The van der Waals surface area contributed by atoms with Crippen LogP contribution >= 0.6 is 0 Å². The number of carbonyl (C=O) groups is 4. The fourth-order valence-electron chi connectivity index (χ4n) is 3.98. The summed E-state index contributed by atoms with van der Waals surface area (Å²) in [7, 11) is 0. The van der Waals surface area contributed by atoms with Gasteiger partial charge in [0.2, 0.25) is 5.91 Å². The van der Waals surface area contributed by atoms with E-state index in [0.717, 1.165) is 10.7 Å². The van der Waals surface area contributed by atoms with Gasteiger partial charge in [-0.15, -0.1) is 0 Å². The van der Waals surface area contributed by atoms with Gasteiger partial charge in [-0.1, -0.05) is 6.07 Å². The van der Waals surface area contributed by atoms with Gasteiger partial charge in [0.1, 0.15) is 23.2 Å². The third-order valence-corrected chi connectivity index (χ3v) is 5.91. The molecule has 13 heteroatoms. The number of halogens is 1. The summed E-state index contributed by atoms with van der Waals surface area (Å²) in [4.78, 5) is 55.2. The van der Waals surface area contributed by atoms with Crippen LogP contribution in [-0.2, 0) is 16.1 Å². The number of carbonyl (C=O) groups excluding carboxylic acids is 4. The van der Waals surface area contributed by atoms with E-state index in [9.17, 15) is 23.6 Å². The number of fused-ring (bicyclic) bond motifs is 2. The number of nitrogens with zero attached hydrogens (tertiary/aromatic N) is 4. The second-order valence-electron chi connectivity index (χ2n) is 8.71. The van der Waals surface area contributed by atoms with Crippen LogP contribution in [0.1, 0.15) is 40.4 Å². The minimum absolute atomic E-state index is 0.00714. The Morgan fingerprint density at radius 1 is 1.25 bits per heavy atom. The van der Waals surface area contributed by atoms with Crippen LogP contribution in [0, 0.1) is 5.82 Å². The zero-order chi connectivity index (χ0) is 25.6. The van der Waals surface area contributed by atoms with E-state index in [1.165, 1.54) is 6.07 Å². The van der Waals surface area contributed by atoms with E-state index < -0.39 is 23.7 Å². The van der Waals surface area contributed by atoms with Crippen molar-refractivity contribution in [1.82, 2.24) is 30.1 Å². The minimum atomic E-state index is -0.810. The summed E-state index contributed by atoms with van der Waals surface area (Å²) >= 11 is 0. The summed E-state index contributed by atoms with van der Waals surface area (Å²) in [6.07, 6.45) is 0.888. The van der Waals surface area contributed by atoms with Gasteiger partial charge in [0.15, 0.2) is 18.1 Å². The molecule has 2 aliphatic heterocycles. The summed E-state index contributed by atoms with van der Waals surface area (Å²) in [6, 6.07) is 5.54. The second kappa shape index (κ2) is 8.91. The van der Waals surface area contributed by atoms with Crippen molar-refractivity contribution in [3.8, 4) is 5.75 Å². The van der Waals surface area contributed by atoms with Crippen LogP contribution in [0.4, 0.5) is 10.1 Å². The first-order chi connectivity index (χ1) is 17.2. The Bertz CT molecular complexity index is 1420. The molecule has 0 aliphatic carbocycles. The van der Waals surface area contributed by atoms with Crippen molar-refractivity contribution in [2.45, 2.75) is 32.5 Å². The first-order valence-corrected chi connectivity index (χ1v) is 11.2. The molecule has 12 nitrogen and oxygen atoms in total. The monoisotopic (exact) mass is 495 g/mol. The molecule has 4 heterocycles. The average Bonchev–Trinajstić information content (AvgIpc) is 3.23.